The highest BCUT2D eigenvalue weighted by Crippen LogP contribution is 2.64. The van der Waals surface area contributed by atoms with Gasteiger partial charge in [-0.3, -0.25) is 0 Å². The molecule has 0 N–H and O–H groups in total. The van der Waals surface area contributed by atoms with Gasteiger partial charge in [0.05, 0.1) is 5.41 Å². The van der Waals surface area contributed by atoms with Gasteiger partial charge in [0.15, 0.2) is 0 Å². The third-order valence-corrected chi connectivity index (χ3v) is 12.6. The molecule has 0 amide bonds. The van der Waals surface area contributed by atoms with E-state index in [1.54, 1.807) is 0 Å². The van der Waals surface area contributed by atoms with Gasteiger partial charge in [-0.15, -0.1) is 0 Å². The van der Waals surface area contributed by atoms with E-state index in [0.717, 1.165) is 18.5 Å². The van der Waals surface area contributed by atoms with Crippen LogP contribution in [0, 0.1) is 0 Å². The first-order valence-electron chi connectivity index (χ1n) is 19.0. The lowest BCUT2D eigenvalue weighted by molar-refractivity contribution is 0.660. The Labute approximate surface area is 312 Å². The first-order chi connectivity index (χ1) is 26.0. The Balaban J connectivity index is 1.17. The predicted octanol–water partition coefficient (Wildman–Crippen LogP) is 13.6. The second-order valence-electron chi connectivity index (χ2n) is 15.6. The van der Waals surface area contributed by atoms with Crippen LogP contribution in [0.15, 0.2) is 182 Å². The molecule has 53 heavy (non-hydrogen) atoms. The Morgan fingerprint density at radius 1 is 0.434 bits per heavy atom. The number of hydrogen-bond acceptors (Lipinski definition) is 1. The minimum Gasteiger partial charge on any atom is -0.310 e. The van der Waals surface area contributed by atoms with Crippen LogP contribution in [-0.2, 0) is 10.8 Å². The van der Waals surface area contributed by atoms with Crippen LogP contribution in [0.25, 0.3) is 39.0 Å². The Kier molecular flexibility index (Phi) is 6.41. The van der Waals surface area contributed by atoms with Gasteiger partial charge in [-0.25, -0.2) is 0 Å². The summed E-state index contributed by atoms with van der Waals surface area (Å²) in [5.41, 5.74) is 22.1. The zero-order valence-electron chi connectivity index (χ0n) is 30.1. The Hall–Kier alpha value is -6.18. The SMILES string of the molecule is CC1(C)c2ccccc2-c2ccc(N(c3cccc(-c4ccccc4)c3)c3ccc4c(c3)C3(C5=C(CCC=C5)c5ccccc53)c3ccccc3-4)cc21. The van der Waals surface area contributed by atoms with E-state index in [1.807, 2.05) is 0 Å². The van der Waals surface area contributed by atoms with Crippen LogP contribution in [0.2, 0.25) is 0 Å². The Morgan fingerprint density at radius 2 is 0.981 bits per heavy atom. The molecule has 0 fully saturated rings. The summed E-state index contributed by atoms with van der Waals surface area (Å²) in [6.45, 7) is 4.75. The van der Waals surface area contributed by atoms with Gasteiger partial charge < -0.3 is 4.90 Å². The summed E-state index contributed by atoms with van der Waals surface area (Å²) in [6.07, 6.45) is 7.00. The van der Waals surface area contributed by atoms with E-state index >= 15 is 0 Å². The first kappa shape index (κ1) is 30.4. The van der Waals surface area contributed by atoms with Crippen LogP contribution in [0.4, 0.5) is 17.1 Å². The average Bonchev–Trinajstić information content (AvgIpc) is 3.77. The lowest BCUT2D eigenvalue weighted by atomic mass is 9.69. The molecule has 11 rings (SSSR count). The maximum atomic E-state index is 2.52. The molecule has 1 unspecified atom stereocenters. The number of anilines is 3. The van der Waals surface area contributed by atoms with Crippen molar-refractivity contribution in [1.82, 2.24) is 0 Å². The fourth-order valence-electron chi connectivity index (χ4n) is 10.2. The summed E-state index contributed by atoms with van der Waals surface area (Å²) >= 11 is 0. The molecule has 0 bridgehead atoms. The molecule has 0 heterocycles. The van der Waals surface area contributed by atoms with E-state index in [1.165, 1.54) is 89.3 Å². The van der Waals surface area contributed by atoms with Crippen molar-refractivity contribution in [1.29, 1.82) is 0 Å². The highest BCUT2D eigenvalue weighted by molar-refractivity contribution is 5.97. The highest BCUT2D eigenvalue weighted by atomic mass is 15.1. The van der Waals surface area contributed by atoms with Crippen molar-refractivity contribution in [3.8, 4) is 33.4 Å². The summed E-state index contributed by atoms with van der Waals surface area (Å²) in [4.78, 5) is 2.50. The molecule has 0 aromatic heterocycles. The lowest BCUT2D eigenvalue weighted by Gasteiger charge is -2.34. The van der Waals surface area contributed by atoms with Crippen molar-refractivity contribution in [3.05, 3.63) is 215 Å². The highest BCUT2D eigenvalue weighted by Gasteiger charge is 2.52. The maximum absolute atomic E-state index is 2.52. The van der Waals surface area contributed by atoms with Crippen molar-refractivity contribution in [2.75, 3.05) is 4.90 Å². The van der Waals surface area contributed by atoms with Crippen molar-refractivity contribution >= 4 is 22.6 Å². The van der Waals surface area contributed by atoms with Crippen LogP contribution in [-0.4, -0.2) is 0 Å². The molecule has 7 aromatic carbocycles. The largest absolute Gasteiger partial charge is 0.310 e. The van der Waals surface area contributed by atoms with Gasteiger partial charge in [0.1, 0.15) is 0 Å². The smallest absolute Gasteiger partial charge is 0.0722 e. The predicted molar refractivity (Wildman–Crippen MR) is 221 cm³/mol. The summed E-state index contributed by atoms with van der Waals surface area (Å²) in [5, 5.41) is 0. The fraction of sp³-hybridized carbons (Fsp3) is 0.115. The van der Waals surface area contributed by atoms with Crippen LogP contribution in [0.1, 0.15) is 60.1 Å². The number of rotatable bonds is 4. The molecular formula is C52H39N. The van der Waals surface area contributed by atoms with Gasteiger partial charge in [-0.2, -0.15) is 0 Å². The zero-order valence-corrected chi connectivity index (χ0v) is 30.1. The van der Waals surface area contributed by atoms with E-state index in [0.29, 0.717) is 0 Å². The van der Waals surface area contributed by atoms with Gasteiger partial charge in [-0.1, -0.05) is 153 Å². The quantitative estimate of drug-likeness (QED) is 0.179. The van der Waals surface area contributed by atoms with Crippen LogP contribution in [0.3, 0.4) is 0 Å². The number of allylic oxidation sites excluding steroid dienone is 4. The van der Waals surface area contributed by atoms with Gasteiger partial charge in [0.25, 0.3) is 0 Å². The molecule has 1 heteroatoms. The van der Waals surface area contributed by atoms with E-state index in [-0.39, 0.29) is 10.8 Å². The molecule has 1 spiro atoms. The molecule has 0 aliphatic heterocycles. The summed E-state index contributed by atoms with van der Waals surface area (Å²) in [5.74, 6) is 0. The number of hydrogen-bond donors (Lipinski definition) is 0. The average molecular weight is 678 g/mol. The van der Waals surface area contributed by atoms with E-state index in [4.69, 9.17) is 0 Å². The van der Waals surface area contributed by atoms with Gasteiger partial charge in [-0.05, 0) is 127 Å². The number of nitrogens with zero attached hydrogens (tertiary/aromatic N) is 1. The fourth-order valence-corrected chi connectivity index (χ4v) is 10.2. The molecular weight excluding hydrogens is 639 g/mol. The minimum atomic E-state index is -0.357. The maximum Gasteiger partial charge on any atom is 0.0722 e. The lowest BCUT2D eigenvalue weighted by Crippen LogP contribution is -2.27. The summed E-state index contributed by atoms with van der Waals surface area (Å²) < 4.78 is 0. The number of benzene rings is 7. The van der Waals surface area contributed by atoms with E-state index < -0.39 is 0 Å². The number of fused-ring (bicyclic) bond motifs is 12. The van der Waals surface area contributed by atoms with Crippen LogP contribution in [0.5, 0.6) is 0 Å². The molecule has 1 nitrogen and oxygen atoms in total. The van der Waals surface area contributed by atoms with E-state index in [9.17, 15) is 0 Å². The molecule has 0 saturated heterocycles. The van der Waals surface area contributed by atoms with Crippen molar-refractivity contribution in [2.24, 2.45) is 0 Å². The molecule has 0 saturated carbocycles. The van der Waals surface area contributed by atoms with Crippen LogP contribution < -0.4 is 4.90 Å². The van der Waals surface area contributed by atoms with Crippen molar-refractivity contribution in [2.45, 2.75) is 37.5 Å². The second-order valence-corrected chi connectivity index (χ2v) is 15.6. The van der Waals surface area contributed by atoms with E-state index in [2.05, 4.69) is 195 Å². The van der Waals surface area contributed by atoms with Gasteiger partial charge in [0.2, 0.25) is 0 Å². The standard InChI is InChI=1S/C52H39N/c1-51(2)45-23-10-6-19-39(45)43-29-27-37(32-49(43)51)53(36-18-14-17-35(31-36)34-15-4-3-5-16-34)38-28-30-44-42-22-9-13-26-48(42)52(50(44)33-38)46-24-11-7-20-40(46)41-21-8-12-25-47(41)52/h3-7,9-20,22-33H,8,21H2,1-2H3. The van der Waals surface area contributed by atoms with Gasteiger partial charge in [0, 0.05) is 22.5 Å². The zero-order chi connectivity index (χ0) is 35.3. The first-order valence-corrected chi connectivity index (χ1v) is 19.0. The van der Waals surface area contributed by atoms with Crippen LogP contribution >= 0.6 is 0 Å². The second kappa shape index (κ2) is 11.2. The third kappa shape index (κ3) is 4.14. The molecule has 1 atom stereocenters. The molecule has 0 radical (unpaired) electrons. The molecule has 252 valence electrons. The molecule has 7 aromatic rings. The van der Waals surface area contributed by atoms with Crippen molar-refractivity contribution < 1.29 is 0 Å². The minimum absolute atomic E-state index is 0.104. The van der Waals surface area contributed by atoms with Crippen molar-refractivity contribution in [3.63, 3.8) is 0 Å². The summed E-state index contributed by atoms with van der Waals surface area (Å²) in [6, 6.07) is 61.5. The molecule has 4 aliphatic rings. The normalized spacial score (nSPS) is 17.9. The topological polar surface area (TPSA) is 3.24 Å². The third-order valence-electron chi connectivity index (χ3n) is 12.6. The Bertz CT molecular complexity index is 2710. The van der Waals surface area contributed by atoms with Gasteiger partial charge >= 0.3 is 0 Å². The summed E-state index contributed by atoms with van der Waals surface area (Å²) in [7, 11) is 0. The Morgan fingerprint density at radius 3 is 1.74 bits per heavy atom. The monoisotopic (exact) mass is 677 g/mol. The molecule has 4 aliphatic carbocycles.